The molecule has 0 bridgehead atoms. The van der Waals surface area contributed by atoms with Crippen LogP contribution in [0.2, 0.25) is 0 Å². The van der Waals surface area contributed by atoms with E-state index in [0.29, 0.717) is 13.8 Å². The third kappa shape index (κ3) is 1.07. The third-order valence-electron chi connectivity index (χ3n) is 0.473. The van der Waals surface area contributed by atoms with Crippen molar-refractivity contribution in [3.05, 3.63) is 0 Å². The van der Waals surface area contributed by atoms with Gasteiger partial charge in [0.15, 0.2) is 0 Å². The Morgan fingerprint density at radius 2 is 2.80 bits per heavy atom. The van der Waals surface area contributed by atoms with Gasteiger partial charge in [-0.3, -0.25) is 0 Å². The molecule has 1 aliphatic heterocycles. The van der Waals surface area contributed by atoms with Gasteiger partial charge >= 0.3 is 39.7 Å². The van der Waals surface area contributed by atoms with Crippen LogP contribution >= 0.6 is 9.35 Å². The van der Waals surface area contributed by atoms with Crippen molar-refractivity contribution in [2.24, 2.45) is 0 Å². The number of nitrogens with one attached hydrogen (secondary N) is 1. The molecule has 0 atom stereocenters. The first-order valence-electron chi connectivity index (χ1n) is 1.60. The predicted molar refractivity (Wildman–Crippen MR) is 26.2 cm³/mol. The van der Waals surface area contributed by atoms with Crippen molar-refractivity contribution in [2.45, 2.75) is 0 Å². The maximum atomic E-state index is 3.31. The Hall–Kier alpha value is 0.723. The minimum atomic E-state index is 0.306. The fraction of sp³-hybridized carbons (Fsp3) is 1.00. The molecule has 0 saturated heterocycles. The monoisotopic (exact) mass is 149 g/mol. The second-order valence-electron chi connectivity index (χ2n) is 0.877. The van der Waals surface area contributed by atoms with Crippen LogP contribution in [0.5, 0.6) is 0 Å². The van der Waals surface area contributed by atoms with E-state index in [1.54, 1.807) is 0 Å². The van der Waals surface area contributed by atoms with Crippen LogP contribution in [0.4, 0.5) is 0 Å². The van der Waals surface area contributed by atoms with Gasteiger partial charge in [0.25, 0.3) is 0 Å². The second-order valence-corrected chi connectivity index (χ2v) is 5.62. The molecule has 1 N–H and O–H groups in total. The number of hydrogen-bond acceptors (Lipinski definition) is 1. The van der Waals surface area contributed by atoms with Gasteiger partial charge in [-0.2, -0.15) is 0 Å². The molecule has 0 aromatic rings. The first kappa shape index (κ1) is 3.90. The van der Waals surface area contributed by atoms with Crippen molar-refractivity contribution >= 4 is 23.1 Å². The summed E-state index contributed by atoms with van der Waals surface area (Å²) in [6, 6.07) is 0. The quantitative estimate of drug-likeness (QED) is 0.471. The molecule has 1 heterocycles. The Morgan fingerprint density at radius 3 is 3.00 bits per heavy atom. The average Bonchev–Trinajstić information content (AvgIpc) is 1.76. The predicted octanol–water partition coefficient (Wildman–Crippen LogP) is -0.143. The van der Waals surface area contributed by atoms with Crippen molar-refractivity contribution in [1.82, 2.24) is 4.27 Å². The van der Waals surface area contributed by atoms with Gasteiger partial charge in [0.05, 0.1) is 0 Å². The summed E-state index contributed by atoms with van der Waals surface area (Å²) in [7, 11) is 2.09. The van der Waals surface area contributed by atoms with Gasteiger partial charge in [-0.1, -0.05) is 0 Å². The Balaban J connectivity index is 2.42. The van der Waals surface area contributed by atoms with E-state index in [9.17, 15) is 0 Å². The molecule has 0 aromatic carbocycles. The Kier molecular flexibility index (Phi) is 1.56. The van der Waals surface area contributed by atoms with Crippen LogP contribution < -0.4 is 4.27 Å². The van der Waals surface area contributed by atoms with E-state index in [4.69, 9.17) is 0 Å². The molecule has 0 aliphatic carbocycles. The van der Waals surface area contributed by atoms with E-state index in [-0.39, 0.29) is 0 Å². The molecule has 0 amide bonds. The van der Waals surface area contributed by atoms with E-state index in [1.807, 2.05) is 0 Å². The molecule has 0 radical (unpaired) electrons. The fourth-order valence-electron chi connectivity index (χ4n) is 0.255. The molecule has 1 aliphatic rings. The molecule has 3 heteroatoms. The van der Waals surface area contributed by atoms with Gasteiger partial charge in [-0.15, -0.1) is 0 Å². The molecule has 0 aromatic heterocycles. The number of hydrogen-bond donors (Lipinski definition) is 1. The maximum absolute atomic E-state index is 3.31. The fourth-order valence-corrected chi connectivity index (χ4v) is 3.98. The third-order valence-corrected chi connectivity index (χ3v) is 4.80. The van der Waals surface area contributed by atoms with Gasteiger partial charge in [0, 0.05) is 0 Å². The summed E-state index contributed by atoms with van der Waals surface area (Å²) in [6.07, 6.45) is 0. The van der Waals surface area contributed by atoms with Crippen LogP contribution in [-0.2, 0) is 0 Å². The van der Waals surface area contributed by atoms with Gasteiger partial charge in [0.1, 0.15) is 0 Å². The summed E-state index contributed by atoms with van der Waals surface area (Å²) in [4.78, 5) is 0. The van der Waals surface area contributed by atoms with Crippen molar-refractivity contribution in [3.8, 4) is 0 Å². The molecule has 0 spiro atoms. The molecular weight excluding hydrogens is 143 g/mol. The van der Waals surface area contributed by atoms with Gasteiger partial charge in [-0.05, 0) is 0 Å². The standard InChI is InChI=1S/C2H5GeNS/c1-2-5-3-4-1/h4H,1-2H2. The molecule has 0 saturated carbocycles. The van der Waals surface area contributed by atoms with Gasteiger partial charge in [0.2, 0.25) is 0 Å². The van der Waals surface area contributed by atoms with E-state index in [1.165, 1.54) is 12.3 Å². The summed E-state index contributed by atoms with van der Waals surface area (Å²) in [5.74, 6) is 1.36. The molecule has 0 unspecified atom stereocenters. The Labute approximate surface area is 40.1 Å². The summed E-state index contributed by atoms with van der Waals surface area (Å²) in [5, 5.41) is 0. The zero-order chi connectivity index (χ0) is 3.54. The zero-order valence-corrected chi connectivity index (χ0v) is 5.74. The minimum absolute atomic E-state index is 0.306. The van der Waals surface area contributed by atoms with Crippen LogP contribution in [0.25, 0.3) is 0 Å². The molecule has 0 fully saturated rings. The van der Waals surface area contributed by atoms with Gasteiger partial charge < -0.3 is 0 Å². The average molecular weight is 148 g/mol. The summed E-state index contributed by atoms with van der Waals surface area (Å²) in [5.41, 5.74) is 0. The van der Waals surface area contributed by atoms with Crippen LogP contribution in [-0.4, -0.2) is 26.1 Å². The molecular formula is C2H5GeNS. The SMILES string of the molecule is C1C[S]#[Ge][NH]1. The Bertz CT molecular complexity index is 73.4. The summed E-state index contributed by atoms with van der Waals surface area (Å²) >= 11 is 0.306. The van der Waals surface area contributed by atoms with Gasteiger partial charge in [-0.25, -0.2) is 0 Å². The Morgan fingerprint density at radius 1 is 1.80 bits per heavy atom. The molecule has 1 rings (SSSR count). The van der Waals surface area contributed by atoms with Crippen LogP contribution in [0, 0.1) is 0 Å². The van der Waals surface area contributed by atoms with Crippen molar-refractivity contribution in [2.75, 3.05) is 12.3 Å². The first-order valence-corrected chi connectivity index (χ1v) is 6.20. The van der Waals surface area contributed by atoms with E-state index in [0.717, 1.165) is 0 Å². The first-order chi connectivity index (χ1) is 2.50. The molecule has 1 nitrogen and oxygen atoms in total. The van der Waals surface area contributed by atoms with Crippen LogP contribution in [0.15, 0.2) is 0 Å². The van der Waals surface area contributed by atoms with E-state index in [2.05, 4.69) is 13.6 Å². The topological polar surface area (TPSA) is 12.0 Å². The normalized spacial score (nSPS) is 19.2. The molecule has 28 valence electrons. The van der Waals surface area contributed by atoms with Crippen molar-refractivity contribution in [3.63, 3.8) is 0 Å². The van der Waals surface area contributed by atoms with E-state index >= 15 is 0 Å². The van der Waals surface area contributed by atoms with Crippen molar-refractivity contribution in [1.29, 1.82) is 0 Å². The van der Waals surface area contributed by atoms with Crippen LogP contribution in [0.1, 0.15) is 0 Å². The van der Waals surface area contributed by atoms with E-state index < -0.39 is 0 Å². The summed E-state index contributed by atoms with van der Waals surface area (Å²) in [6.45, 7) is 1.27. The zero-order valence-electron chi connectivity index (χ0n) is 2.82. The van der Waals surface area contributed by atoms with Crippen molar-refractivity contribution < 1.29 is 0 Å². The van der Waals surface area contributed by atoms with Crippen LogP contribution in [0.3, 0.4) is 0 Å². The second kappa shape index (κ2) is 2.00. The summed E-state index contributed by atoms with van der Waals surface area (Å²) < 4.78 is 3.31. The number of rotatable bonds is 0. The molecule has 5 heavy (non-hydrogen) atoms.